The molecule has 6 heteroatoms. The number of likely N-dealkylation sites (tertiary alicyclic amines) is 1. The molecule has 156 valence electrons. The third-order valence-corrected chi connectivity index (χ3v) is 6.00. The average Bonchev–Trinajstić information content (AvgIpc) is 3.08. The first-order valence-corrected chi connectivity index (χ1v) is 10.6. The van der Waals surface area contributed by atoms with E-state index in [1.807, 2.05) is 41.3 Å². The topological polar surface area (TPSA) is 69.7 Å². The fourth-order valence-electron chi connectivity index (χ4n) is 4.28. The van der Waals surface area contributed by atoms with Crippen molar-refractivity contribution in [2.45, 2.75) is 45.2 Å². The Morgan fingerprint density at radius 3 is 2.63 bits per heavy atom. The van der Waals surface area contributed by atoms with E-state index >= 15 is 0 Å². The smallest absolute Gasteiger partial charge is 0.256 e. The molecule has 0 radical (unpaired) electrons. The van der Waals surface area contributed by atoms with Gasteiger partial charge in [0.15, 0.2) is 0 Å². The SMILES string of the molecule is CC1CCCCN1C(=O)c1ccccc1NC(=O)CCN1Cc2ccccc2C1=O. The average molecular weight is 405 g/mol. The van der Waals surface area contributed by atoms with E-state index in [4.69, 9.17) is 0 Å². The van der Waals surface area contributed by atoms with E-state index in [0.717, 1.165) is 31.4 Å². The Morgan fingerprint density at radius 2 is 1.83 bits per heavy atom. The van der Waals surface area contributed by atoms with E-state index in [1.165, 1.54) is 0 Å². The molecule has 6 nitrogen and oxygen atoms in total. The Balaban J connectivity index is 1.38. The second-order valence-electron chi connectivity index (χ2n) is 8.07. The maximum Gasteiger partial charge on any atom is 0.256 e. The zero-order valence-corrected chi connectivity index (χ0v) is 17.3. The monoisotopic (exact) mass is 405 g/mol. The Bertz CT molecular complexity index is 972. The molecule has 4 rings (SSSR count). The molecule has 2 heterocycles. The third kappa shape index (κ3) is 4.08. The van der Waals surface area contributed by atoms with Gasteiger partial charge >= 0.3 is 0 Å². The number of nitrogens with one attached hydrogen (secondary N) is 1. The molecule has 3 amide bonds. The van der Waals surface area contributed by atoms with Crippen molar-refractivity contribution in [2.75, 3.05) is 18.4 Å². The van der Waals surface area contributed by atoms with Gasteiger partial charge in [-0.15, -0.1) is 0 Å². The molecule has 2 aromatic rings. The molecule has 1 N–H and O–H groups in total. The van der Waals surface area contributed by atoms with Gasteiger partial charge in [0.2, 0.25) is 5.91 Å². The van der Waals surface area contributed by atoms with Crippen molar-refractivity contribution >= 4 is 23.4 Å². The number of carbonyl (C=O) groups is 3. The predicted molar refractivity (Wildman–Crippen MR) is 115 cm³/mol. The number of piperidine rings is 1. The van der Waals surface area contributed by atoms with E-state index in [1.54, 1.807) is 17.0 Å². The Morgan fingerprint density at radius 1 is 1.07 bits per heavy atom. The van der Waals surface area contributed by atoms with E-state index in [0.29, 0.717) is 29.9 Å². The Hall–Kier alpha value is -3.15. The minimum atomic E-state index is -0.203. The van der Waals surface area contributed by atoms with Crippen molar-refractivity contribution in [1.82, 2.24) is 9.80 Å². The summed E-state index contributed by atoms with van der Waals surface area (Å²) in [6.07, 6.45) is 3.34. The summed E-state index contributed by atoms with van der Waals surface area (Å²) in [4.78, 5) is 41.7. The van der Waals surface area contributed by atoms with Crippen molar-refractivity contribution in [1.29, 1.82) is 0 Å². The highest BCUT2D eigenvalue weighted by Crippen LogP contribution is 2.24. The summed E-state index contributed by atoms with van der Waals surface area (Å²) in [6.45, 7) is 3.70. The van der Waals surface area contributed by atoms with Crippen LogP contribution < -0.4 is 5.32 Å². The first-order chi connectivity index (χ1) is 14.5. The summed E-state index contributed by atoms with van der Waals surface area (Å²) in [5, 5.41) is 2.88. The summed E-state index contributed by atoms with van der Waals surface area (Å²) in [5.74, 6) is -0.276. The van der Waals surface area contributed by atoms with Gasteiger partial charge in [0.05, 0.1) is 11.3 Å². The van der Waals surface area contributed by atoms with Gasteiger partial charge in [-0.1, -0.05) is 30.3 Å². The van der Waals surface area contributed by atoms with Crippen LogP contribution in [0.4, 0.5) is 5.69 Å². The molecule has 1 atom stereocenters. The molecule has 2 aromatic carbocycles. The number of anilines is 1. The maximum absolute atomic E-state index is 13.1. The van der Waals surface area contributed by atoms with Gasteiger partial charge in [-0.3, -0.25) is 14.4 Å². The van der Waals surface area contributed by atoms with Crippen LogP contribution in [0, 0.1) is 0 Å². The number of fused-ring (bicyclic) bond motifs is 1. The number of benzene rings is 2. The summed E-state index contributed by atoms with van der Waals surface area (Å²) >= 11 is 0. The minimum absolute atomic E-state index is 0.0342. The Labute approximate surface area is 176 Å². The molecule has 0 bridgehead atoms. The number of hydrogen-bond donors (Lipinski definition) is 1. The van der Waals surface area contributed by atoms with Crippen molar-refractivity contribution in [3.8, 4) is 0 Å². The molecule has 1 unspecified atom stereocenters. The van der Waals surface area contributed by atoms with Crippen molar-refractivity contribution in [3.63, 3.8) is 0 Å². The molecule has 1 saturated heterocycles. The molecule has 0 aliphatic carbocycles. The van der Waals surface area contributed by atoms with Crippen LogP contribution in [0.15, 0.2) is 48.5 Å². The van der Waals surface area contributed by atoms with Crippen LogP contribution >= 0.6 is 0 Å². The van der Waals surface area contributed by atoms with Gasteiger partial charge in [0.1, 0.15) is 0 Å². The molecule has 0 spiro atoms. The van der Waals surface area contributed by atoms with Crippen LogP contribution in [0.1, 0.15) is 58.9 Å². The molecule has 2 aliphatic rings. The number of nitrogens with zero attached hydrogens (tertiary/aromatic N) is 2. The van der Waals surface area contributed by atoms with Gasteiger partial charge < -0.3 is 15.1 Å². The largest absolute Gasteiger partial charge is 0.336 e. The van der Waals surface area contributed by atoms with Crippen molar-refractivity contribution < 1.29 is 14.4 Å². The molecule has 30 heavy (non-hydrogen) atoms. The Kier molecular flexibility index (Phi) is 5.84. The maximum atomic E-state index is 13.1. The van der Waals surface area contributed by atoms with Crippen LogP contribution in [-0.4, -0.2) is 46.7 Å². The molecule has 0 aromatic heterocycles. The molecular formula is C24H27N3O3. The lowest BCUT2D eigenvalue weighted by Crippen LogP contribution is -2.42. The molecular weight excluding hydrogens is 378 g/mol. The van der Waals surface area contributed by atoms with Crippen LogP contribution in [-0.2, 0) is 11.3 Å². The third-order valence-electron chi connectivity index (χ3n) is 6.00. The van der Waals surface area contributed by atoms with Crippen LogP contribution in [0.2, 0.25) is 0 Å². The van der Waals surface area contributed by atoms with Crippen molar-refractivity contribution in [2.24, 2.45) is 0 Å². The first-order valence-electron chi connectivity index (χ1n) is 10.6. The van der Waals surface area contributed by atoms with Crippen molar-refractivity contribution in [3.05, 3.63) is 65.2 Å². The number of rotatable bonds is 5. The lowest BCUT2D eigenvalue weighted by molar-refractivity contribution is -0.116. The van der Waals surface area contributed by atoms with E-state index < -0.39 is 0 Å². The predicted octanol–water partition coefficient (Wildman–Crippen LogP) is 3.69. The van der Waals surface area contributed by atoms with Gasteiger partial charge in [0, 0.05) is 37.7 Å². The highest BCUT2D eigenvalue weighted by molar-refractivity contribution is 6.04. The normalized spacial score (nSPS) is 18.3. The fraction of sp³-hybridized carbons (Fsp3) is 0.375. The highest BCUT2D eigenvalue weighted by atomic mass is 16.2. The zero-order chi connectivity index (χ0) is 21.1. The highest BCUT2D eigenvalue weighted by Gasteiger charge is 2.28. The number of carbonyl (C=O) groups excluding carboxylic acids is 3. The second kappa shape index (κ2) is 8.69. The van der Waals surface area contributed by atoms with Crippen LogP contribution in [0.25, 0.3) is 0 Å². The summed E-state index contributed by atoms with van der Waals surface area (Å²) in [7, 11) is 0. The van der Waals surface area contributed by atoms with Gasteiger partial charge in [-0.05, 0) is 49.9 Å². The van der Waals surface area contributed by atoms with Crippen LogP contribution in [0.5, 0.6) is 0 Å². The molecule has 0 saturated carbocycles. The summed E-state index contributed by atoms with van der Waals surface area (Å²) < 4.78 is 0. The number of para-hydroxylation sites is 1. The quantitative estimate of drug-likeness (QED) is 0.825. The first kappa shape index (κ1) is 20.1. The summed E-state index contributed by atoms with van der Waals surface area (Å²) in [6, 6.07) is 14.9. The van der Waals surface area contributed by atoms with Gasteiger partial charge in [-0.2, -0.15) is 0 Å². The zero-order valence-electron chi connectivity index (χ0n) is 17.3. The minimum Gasteiger partial charge on any atom is -0.336 e. The molecule has 2 aliphatic heterocycles. The fourth-order valence-corrected chi connectivity index (χ4v) is 4.28. The number of hydrogen-bond acceptors (Lipinski definition) is 3. The molecule has 1 fully saturated rings. The number of amides is 3. The van der Waals surface area contributed by atoms with Crippen LogP contribution in [0.3, 0.4) is 0 Å². The standard InChI is InChI=1S/C24H27N3O3/c1-17-8-6-7-14-27(17)24(30)20-11-4-5-12-21(20)25-22(28)13-15-26-16-18-9-2-3-10-19(18)23(26)29/h2-5,9-12,17H,6-8,13-16H2,1H3,(H,25,28). The van der Waals surface area contributed by atoms with E-state index in [9.17, 15) is 14.4 Å². The van der Waals surface area contributed by atoms with E-state index in [2.05, 4.69) is 12.2 Å². The van der Waals surface area contributed by atoms with Gasteiger partial charge in [0.25, 0.3) is 11.8 Å². The lowest BCUT2D eigenvalue weighted by Gasteiger charge is -2.34. The second-order valence-corrected chi connectivity index (χ2v) is 8.07. The summed E-state index contributed by atoms with van der Waals surface area (Å²) in [5.41, 5.74) is 2.75. The van der Waals surface area contributed by atoms with E-state index in [-0.39, 0.29) is 30.2 Å². The lowest BCUT2D eigenvalue weighted by atomic mass is 10.0. The van der Waals surface area contributed by atoms with Gasteiger partial charge in [-0.25, -0.2) is 0 Å².